The van der Waals surface area contributed by atoms with Gasteiger partial charge in [-0.1, -0.05) is 62.6 Å². The van der Waals surface area contributed by atoms with Gasteiger partial charge in [-0.2, -0.15) is 0 Å². The SMILES string of the molecule is C/C=C\C=C(/CC)n1c(C(C)Nc2ncnc(N)c2C#Cc2cccc(CO)n2)nc2cccc(Cl)c2c1=O.CC. The van der Waals surface area contributed by atoms with Crippen LogP contribution < -0.4 is 16.6 Å². The number of hydrogen-bond acceptors (Lipinski definition) is 8. The van der Waals surface area contributed by atoms with Gasteiger partial charge in [0.2, 0.25) is 0 Å². The van der Waals surface area contributed by atoms with Gasteiger partial charge in [-0.05, 0) is 56.5 Å². The number of pyridine rings is 1. The van der Waals surface area contributed by atoms with Gasteiger partial charge in [0, 0.05) is 5.70 Å². The fraction of sp³-hybridized carbons (Fsp3) is 0.258. The third-order valence-corrected chi connectivity index (χ3v) is 6.22. The number of fused-ring (bicyclic) bond motifs is 1. The van der Waals surface area contributed by atoms with Crippen LogP contribution >= 0.6 is 11.6 Å². The molecule has 3 aromatic heterocycles. The summed E-state index contributed by atoms with van der Waals surface area (Å²) in [7, 11) is 0. The van der Waals surface area contributed by atoms with Crippen LogP contribution in [0.2, 0.25) is 5.02 Å². The summed E-state index contributed by atoms with van der Waals surface area (Å²) in [5, 5.41) is 13.4. The molecule has 0 aliphatic carbocycles. The normalized spacial score (nSPS) is 11.9. The Kier molecular flexibility index (Phi) is 11.2. The molecule has 1 unspecified atom stereocenters. The molecule has 1 atom stereocenters. The second-order valence-electron chi connectivity index (χ2n) is 8.55. The zero-order chi connectivity index (χ0) is 29.9. The van der Waals surface area contributed by atoms with Gasteiger partial charge in [0.1, 0.15) is 35.0 Å². The van der Waals surface area contributed by atoms with Crippen LogP contribution in [0, 0.1) is 11.8 Å². The van der Waals surface area contributed by atoms with Crippen molar-refractivity contribution in [3.8, 4) is 11.8 Å². The van der Waals surface area contributed by atoms with E-state index in [1.807, 2.05) is 52.8 Å². The lowest BCUT2D eigenvalue weighted by Gasteiger charge is -2.22. The molecule has 41 heavy (non-hydrogen) atoms. The van der Waals surface area contributed by atoms with E-state index < -0.39 is 6.04 Å². The molecule has 0 radical (unpaired) electrons. The molecule has 9 nitrogen and oxygen atoms in total. The number of aromatic nitrogens is 5. The number of nitrogen functional groups attached to an aromatic ring is 1. The Hall–Kier alpha value is -4.52. The first-order valence-electron chi connectivity index (χ1n) is 13.4. The minimum absolute atomic E-state index is 0.184. The van der Waals surface area contributed by atoms with Crippen molar-refractivity contribution in [1.82, 2.24) is 24.5 Å². The van der Waals surface area contributed by atoms with E-state index in [2.05, 4.69) is 32.1 Å². The fourth-order valence-electron chi connectivity index (χ4n) is 4.00. The summed E-state index contributed by atoms with van der Waals surface area (Å²) in [6.07, 6.45) is 7.57. The number of benzene rings is 1. The molecule has 0 aliphatic heterocycles. The maximum absolute atomic E-state index is 13.8. The van der Waals surface area contributed by atoms with Gasteiger partial charge in [-0.3, -0.25) is 9.36 Å². The molecule has 4 N–H and O–H groups in total. The molecule has 4 rings (SSSR count). The molecule has 0 amide bonds. The van der Waals surface area contributed by atoms with Crippen LogP contribution in [0.25, 0.3) is 16.6 Å². The van der Waals surface area contributed by atoms with Crippen LogP contribution in [0.4, 0.5) is 11.6 Å². The summed E-state index contributed by atoms with van der Waals surface area (Å²) in [5.74, 6) is 6.99. The highest BCUT2D eigenvalue weighted by Gasteiger charge is 2.21. The molecule has 0 fully saturated rings. The van der Waals surface area contributed by atoms with Gasteiger partial charge in [-0.25, -0.2) is 19.9 Å². The zero-order valence-corrected chi connectivity index (χ0v) is 24.6. The molecule has 4 aromatic rings. The van der Waals surface area contributed by atoms with E-state index in [1.165, 1.54) is 6.33 Å². The van der Waals surface area contributed by atoms with Crippen LogP contribution in [-0.4, -0.2) is 29.6 Å². The zero-order valence-electron chi connectivity index (χ0n) is 23.8. The Bertz CT molecular complexity index is 1700. The number of rotatable bonds is 7. The first-order valence-corrected chi connectivity index (χ1v) is 13.7. The van der Waals surface area contributed by atoms with Crippen molar-refractivity contribution in [2.45, 2.75) is 53.7 Å². The number of aliphatic hydroxyl groups excluding tert-OH is 1. The number of allylic oxidation sites excluding steroid dienone is 4. The fourth-order valence-corrected chi connectivity index (χ4v) is 4.25. The minimum atomic E-state index is -0.493. The lowest BCUT2D eigenvalue weighted by molar-refractivity contribution is 0.277. The van der Waals surface area contributed by atoms with Gasteiger partial charge in [0.15, 0.2) is 0 Å². The highest BCUT2D eigenvalue weighted by molar-refractivity contribution is 6.35. The van der Waals surface area contributed by atoms with Crippen LogP contribution in [-0.2, 0) is 6.61 Å². The Morgan fingerprint density at radius 1 is 1.17 bits per heavy atom. The largest absolute Gasteiger partial charge is 0.390 e. The Morgan fingerprint density at radius 2 is 1.93 bits per heavy atom. The summed E-state index contributed by atoms with van der Waals surface area (Å²) in [6, 6.07) is 9.91. The van der Waals surface area contributed by atoms with Gasteiger partial charge in [0.25, 0.3) is 5.56 Å². The van der Waals surface area contributed by atoms with Gasteiger partial charge in [0.05, 0.1) is 34.3 Å². The van der Waals surface area contributed by atoms with Crippen molar-refractivity contribution in [1.29, 1.82) is 0 Å². The number of nitrogens with two attached hydrogens (primary N) is 1. The number of anilines is 2. The summed E-state index contributed by atoms with van der Waals surface area (Å²) >= 11 is 6.42. The van der Waals surface area contributed by atoms with Crippen molar-refractivity contribution < 1.29 is 5.11 Å². The van der Waals surface area contributed by atoms with E-state index in [0.717, 1.165) is 5.70 Å². The van der Waals surface area contributed by atoms with E-state index in [4.69, 9.17) is 22.3 Å². The molecule has 10 heteroatoms. The molecule has 0 saturated carbocycles. The van der Waals surface area contributed by atoms with Crippen LogP contribution in [0.3, 0.4) is 0 Å². The highest BCUT2D eigenvalue weighted by atomic mass is 35.5. The summed E-state index contributed by atoms with van der Waals surface area (Å²) in [6.45, 7) is 9.56. The average molecular weight is 572 g/mol. The van der Waals surface area contributed by atoms with E-state index >= 15 is 0 Å². The molecule has 1 aromatic carbocycles. The standard InChI is InChI=1S/C29H28ClN7O2.C2H6/c1-4-6-11-21(5-2)37-28(36-24-13-8-12-23(30)25(24)29(37)39)18(3)34-27-22(26(31)32-17-33-27)15-14-19-9-7-10-20(16-38)35-19;1-2/h4,6-13,17-18,38H,5,16H2,1-3H3,(H3,31,32,33,34);1-2H3/b6-4-,21-11+;. The minimum Gasteiger partial charge on any atom is -0.390 e. The molecule has 0 bridgehead atoms. The van der Waals surface area contributed by atoms with E-state index in [0.29, 0.717) is 50.9 Å². The van der Waals surface area contributed by atoms with Crippen molar-refractivity contribution >= 4 is 39.8 Å². The molecule has 0 saturated heterocycles. The Morgan fingerprint density at radius 3 is 2.63 bits per heavy atom. The van der Waals surface area contributed by atoms with E-state index in [1.54, 1.807) is 41.0 Å². The third kappa shape index (κ3) is 7.17. The number of halogens is 1. The van der Waals surface area contributed by atoms with Gasteiger partial charge >= 0.3 is 0 Å². The Labute approximate surface area is 244 Å². The first-order chi connectivity index (χ1) is 19.9. The summed E-state index contributed by atoms with van der Waals surface area (Å²) in [5.41, 5.74) is 8.50. The maximum Gasteiger partial charge on any atom is 0.267 e. The number of nitrogens with one attached hydrogen (secondary N) is 1. The number of nitrogens with zero attached hydrogens (tertiary/aromatic N) is 5. The van der Waals surface area contributed by atoms with Crippen molar-refractivity contribution in [2.24, 2.45) is 0 Å². The second kappa shape index (κ2) is 14.7. The summed E-state index contributed by atoms with van der Waals surface area (Å²) < 4.78 is 1.59. The maximum atomic E-state index is 13.8. The molecular weight excluding hydrogens is 538 g/mol. The summed E-state index contributed by atoms with van der Waals surface area (Å²) in [4.78, 5) is 31.4. The first kappa shape index (κ1) is 31.0. The topological polar surface area (TPSA) is 132 Å². The predicted octanol–water partition coefficient (Wildman–Crippen LogP) is 5.74. The Balaban J connectivity index is 0.00000226. The molecular formula is C31H34ClN7O2. The van der Waals surface area contributed by atoms with Crippen molar-refractivity contribution in [3.05, 3.63) is 99.1 Å². The number of hydrogen-bond donors (Lipinski definition) is 3. The van der Waals surface area contributed by atoms with Crippen LogP contribution in [0.15, 0.2) is 65.7 Å². The lowest BCUT2D eigenvalue weighted by atomic mass is 10.1. The third-order valence-electron chi connectivity index (χ3n) is 5.90. The van der Waals surface area contributed by atoms with E-state index in [9.17, 15) is 9.90 Å². The van der Waals surface area contributed by atoms with Gasteiger partial charge < -0.3 is 16.2 Å². The molecule has 212 valence electrons. The predicted molar refractivity (Wildman–Crippen MR) is 166 cm³/mol. The average Bonchev–Trinajstić information content (AvgIpc) is 2.99. The molecule has 3 heterocycles. The molecule has 0 aliphatic rings. The van der Waals surface area contributed by atoms with Crippen molar-refractivity contribution in [2.75, 3.05) is 11.1 Å². The number of aliphatic hydroxyl groups is 1. The van der Waals surface area contributed by atoms with E-state index in [-0.39, 0.29) is 18.0 Å². The van der Waals surface area contributed by atoms with Crippen molar-refractivity contribution in [3.63, 3.8) is 0 Å². The van der Waals surface area contributed by atoms with Gasteiger partial charge in [-0.15, -0.1) is 0 Å². The quantitative estimate of drug-likeness (QED) is 0.189. The monoisotopic (exact) mass is 571 g/mol. The highest BCUT2D eigenvalue weighted by Crippen LogP contribution is 2.26. The second-order valence-corrected chi connectivity index (χ2v) is 8.96. The smallest absolute Gasteiger partial charge is 0.267 e. The molecule has 0 spiro atoms. The van der Waals surface area contributed by atoms with Crippen LogP contribution in [0.1, 0.15) is 69.9 Å². The lowest BCUT2D eigenvalue weighted by Crippen LogP contribution is -2.28. The van der Waals surface area contributed by atoms with Crippen LogP contribution in [0.5, 0.6) is 0 Å².